The zero-order valence-electron chi connectivity index (χ0n) is 3.68. The average Bonchev–Trinajstić information content (AvgIpc) is 0.722. The Morgan fingerprint density at radius 1 is 1.12 bits per heavy atom. The topological polar surface area (TPSA) is 110 Å². The molecule has 0 aliphatic rings. The summed E-state index contributed by atoms with van der Waals surface area (Å²) in [5, 5.41) is 0. The summed E-state index contributed by atoms with van der Waals surface area (Å²) in [6.45, 7) is 0. The van der Waals surface area contributed by atoms with Crippen molar-refractivity contribution in [1.29, 1.82) is 0 Å². The maximum atomic E-state index is 8.74. The molecule has 56 valence electrons. The molecule has 8 heteroatoms. The standard InChI is InChI=1S/Fe.H3N.H2O4S.H2S/c;;1-5(2,3)4;/h;1H3;(H2,1,2,3,4);1H2. The van der Waals surface area contributed by atoms with Crippen LogP contribution in [0.25, 0.3) is 0 Å². The van der Waals surface area contributed by atoms with E-state index in [0.29, 0.717) is 0 Å². The van der Waals surface area contributed by atoms with E-state index in [0.717, 1.165) is 0 Å². The van der Waals surface area contributed by atoms with E-state index >= 15 is 0 Å². The predicted octanol–water partition coefficient (Wildman–Crippen LogP) is -0.380. The molecule has 0 unspecified atom stereocenters. The van der Waals surface area contributed by atoms with E-state index in [2.05, 4.69) is 0 Å². The molecule has 0 atom stereocenters. The fraction of sp³-hybridized carbons (Fsp3) is 0. The molecule has 0 spiro atoms. The van der Waals surface area contributed by atoms with Gasteiger partial charge in [0.1, 0.15) is 0 Å². The van der Waals surface area contributed by atoms with Crippen molar-refractivity contribution < 1.29 is 34.6 Å². The van der Waals surface area contributed by atoms with Crippen molar-refractivity contribution in [3.05, 3.63) is 0 Å². The van der Waals surface area contributed by atoms with Crippen LogP contribution in [0.15, 0.2) is 0 Å². The van der Waals surface area contributed by atoms with Gasteiger partial charge in [-0.1, -0.05) is 0 Å². The molecule has 0 amide bonds. The summed E-state index contributed by atoms with van der Waals surface area (Å²) in [5.41, 5.74) is 0. The van der Waals surface area contributed by atoms with Crippen LogP contribution >= 0.6 is 13.5 Å². The number of hydrogen-bond donors (Lipinski definition) is 3. The minimum atomic E-state index is -4.67. The predicted molar refractivity (Wildman–Crippen MR) is 29.6 cm³/mol. The molecule has 0 aliphatic heterocycles. The largest absolute Gasteiger partial charge is 0.394 e. The average molecular weight is 205 g/mol. The van der Waals surface area contributed by atoms with Crippen LogP contribution in [-0.2, 0) is 27.5 Å². The molecule has 0 rings (SSSR count). The van der Waals surface area contributed by atoms with Gasteiger partial charge in [-0.25, -0.2) is 0 Å². The first-order valence-corrected chi connectivity index (χ1v) is 2.10. The van der Waals surface area contributed by atoms with Crippen LogP contribution in [0.1, 0.15) is 0 Å². The number of rotatable bonds is 0. The summed E-state index contributed by atoms with van der Waals surface area (Å²) < 4.78 is 31.6. The van der Waals surface area contributed by atoms with Gasteiger partial charge in [0.05, 0.1) is 0 Å². The van der Waals surface area contributed by atoms with Crippen LogP contribution in [0, 0.1) is 0 Å². The van der Waals surface area contributed by atoms with E-state index in [-0.39, 0.29) is 36.7 Å². The second-order valence-electron chi connectivity index (χ2n) is 0.448. The Balaban J connectivity index is -0.0000000267. The van der Waals surface area contributed by atoms with Gasteiger partial charge in [-0.3, -0.25) is 9.11 Å². The normalized spacial score (nSPS) is 7.25. The molecular formula is H7FeNO4S2. The Morgan fingerprint density at radius 2 is 1.12 bits per heavy atom. The Morgan fingerprint density at radius 3 is 1.12 bits per heavy atom. The molecule has 0 aromatic heterocycles. The second kappa shape index (κ2) is 7.70. The van der Waals surface area contributed by atoms with Crippen molar-refractivity contribution in [3.8, 4) is 0 Å². The molecule has 5 nitrogen and oxygen atoms in total. The Hall–Kier alpha value is 0.699. The molecule has 0 radical (unpaired) electrons. The van der Waals surface area contributed by atoms with Crippen molar-refractivity contribution in [2.24, 2.45) is 0 Å². The fourth-order valence-corrected chi connectivity index (χ4v) is 0. The molecule has 0 bridgehead atoms. The molecule has 0 fully saturated rings. The Kier molecular flexibility index (Phi) is 22.5. The molecule has 5 N–H and O–H groups in total. The first-order valence-electron chi connectivity index (χ1n) is 0.698. The van der Waals surface area contributed by atoms with Crippen LogP contribution in [0.5, 0.6) is 0 Å². The van der Waals surface area contributed by atoms with Gasteiger partial charge in [-0.2, -0.15) is 21.9 Å². The molecule has 8 heavy (non-hydrogen) atoms. The maximum Gasteiger partial charge on any atom is 0.394 e. The van der Waals surface area contributed by atoms with Gasteiger partial charge in [0.15, 0.2) is 0 Å². The van der Waals surface area contributed by atoms with Crippen molar-refractivity contribution in [1.82, 2.24) is 6.15 Å². The summed E-state index contributed by atoms with van der Waals surface area (Å²) in [7, 11) is -4.67. The van der Waals surface area contributed by atoms with E-state index in [1.807, 2.05) is 0 Å². The summed E-state index contributed by atoms with van der Waals surface area (Å²) in [6, 6.07) is 0. The van der Waals surface area contributed by atoms with E-state index in [9.17, 15) is 0 Å². The third-order valence-electron chi connectivity index (χ3n) is 0. The van der Waals surface area contributed by atoms with Crippen molar-refractivity contribution in [2.45, 2.75) is 0 Å². The fourth-order valence-electron chi connectivity index (χ4n) is 0. The molecule has 0 aromatic carbocycles. The van der Waals surface area contributed by atoms with E-state index in [1.54, 1.807) is 0 Å². The molecular weight excluding hydrogens is 198 g/mol. The van der Waals surface area contributed by atoms with E-state index < -0.39 is 10.4 Å². The molecule has 0 aliphatic carbocycles. The SMILES string of the molecule is N.O=S(=O)(O)O.S.[Fe]. The molecule has 0 aromatic rings. The second-order valence-corrected chi connectivity index (χ2v) is 1.34. The third kappa shape index (κ3) is 445. The smallest absolute Gasteiger partial charge is 0.344 e. The van der Waals surface area contributed by atoms with Gasteiger partial charge in [0.25, 0.3) is 0 Å². The monoisotopic (exact) mass is 205 g/mol. The van der Waals surface area contributed by atoms with Gasteiger partial charge in [0.2, 0.25) is 0 Å². The van der Waals surface area contributed by atoms with E-state index in [4.69, 9.17) is 17.5 Å². The van der Waals surface area contributed by atoms with E-state index in [1.165, 1.54) is 0 Å². The molecule has 0 saturated heterocycles. The van der Waals surface area contributed by atoms with Gasteiger partial charge < -0.3 is 6.15 Å². The first-order chi connectivity index (χ1) is 2.00. The van der Waals surface area contributed by atoms with Crippen molar-refractivity contribution in [2.75, 3.05) is 0 Å². The molecule has 0 heterocycles. The van der Waals surface area contributed by atoms with Crippen LogP contribution < -0.4 is 6.15 Å². The van der Waals surface area contributed by atoms with Gasteiger partial charge in [-0.15, -0.1) is 0 Å². The number of hydrogen-bond acceptors (Lipinski definition) is 3. The summed E-state index contributed by atoms with van der Waals surface area (Å²) in [6.07, 6.45) is 0. The van der Waals surface area contributed by atoms with Crippen LogP contribution in [0.2, 0.25) is 0 Å². The Bertz CT molecular complexity index is 97.2. The summed E-state index contributed by atoms with van der Waals surface area (Å²) in [5.74, 6) is 0. The van der Waals surface area contributed by atoms with Crippen LogP contribution in [0.4, 0.5) is 0 Å². The van der Waals surface area contributed by atoms with Crippen LogP contribution in [-0.4, -0.2) is 17.5 Å². The summed E-state index contributed by atoms with van der Waals surface area (Å²) in [4.78, 5) is 0. The minimum absolute atomic E-state index is 0. The first kappa shape index (κ1) is 23.4. The third-order valence-corrected chi connectivity index (χ3v) is 0. The Labute approximate surface area is 64.9 Å². The van der Waals surface area contributed by atoms with Gasteiger partial charge in [-0.05, 0) is 0 Å². The maximum absolute atomic E-state index is 8.74. The molecule has 0 saturated carbocycles. The van der Waals surface area contributed by atoms with Crippen LogP contribution in [0.3, 0.4) is 0 Å². The van der Waals surface area contributed by atoms with Crippen molar-refractivity contribution in [3.63, 3.8) is 0 Å². The van der Waals surface area contributed by atoms with Crippen molar-refractivity contribution >= 4 is 23.9 Å². The zero-order chi connectivity index (χ0) is 4.50. The van der Waals surface area contributed by atoms with Gasteiger partial charge >= 0.3 is 10.4 Å². The van der Waals surface area contributed by atoms with Gasteiger partial charge in [0, 0.05) is 17.1 Å². The zero-order valence-corrected chi connectivity index (χ0v) is 6.60. The quantitative estimate of drug-likeness (QED) is 0.368. The summed E-state index contributed by atoms with van der Waals surface area (Å²) >= 11 is 0. The minimum Gasteiger partial charge on any atom is -0.344 e.